The number of hydrogen-bond acceptors (Lipinski definition) is 6. The van der Waals surface area contributed by atoms with Crippen LogP contribution in [0, 0.1) is 0 Å². The van der Waals surface area contributed by atoms with Gasteiger partial charge in [0.1, 0.15) is 6.10 Å². The first-order valence-electron chi connectivity index (χ1n) is 11.4. The number of para-hydroxylation sites is 1. The van der Waals surface area contributed by atoms with E-state index < -0.39 is 0 Å². The fourth-order valence-corrected chi connectivity index (χ4v) is 5.24. The Kier molecular flexibility index (Phi) is 7.17. The number of fused-ring (bicyclic) bond motifs is 1. The van der Waals surface area contributed by atoms with Gasteiger partial charge in [0, 0.05) is 37.4 Å². The minimum atomic E-state index is -0.180. The number of hydrogen-bond donors (Lipinski definition) is 1. The standard InChI is InChI=1S/C26H27ClN4OS/c27-20-10-8-19(9-11-20)25(23-6-3-4-14-28-23)32-21-12-16-31(17-13-21)18-15-29-26-30-22-5-1-2-7-24(22)33-26/h1-11,14,21,25H,12-13,15-18H2,(H,29,30). The minimum Gasteiger partial charge on any atom is -0.364 e. The van der Waals surface area contributed by atoms with Crippen LogP contribution >= 0.6 is 22.9 Å². The van der Waals surface area contributed by atoms with Crippen LogP contribution in [0.2, 0.25) is 5.02 Å². The molecule has 4 aromatic rings. The molecular formula is C26H27ClN4OS. The van der Waals surface area contributed by atoms with Crippen molar-refractivity contribution < 1.29 is 4.74 Å². The van der Waals surface area contributed by atoms with E-state index in [-0.39, 0.29) is 12.2 Å². The lowest BCUT2D eigenvalue weighted by Gasteiger charge is -2.34. The molecule has 0 aliphatic carbocycles. The van der Waals surface area contributed by atoms with Crippen molar-refractivity contribution in [2.75, 3.05) is 31.5 Å². The Morgan fingerprint density at radius 3 is 2.58 bits per heavy atom. The van der Waals surface area contributed by atoms with Crippen LogP contribution < -0.4 is 5.32 Å². The fraction of sp³-hybridized carbons (Fsp3) is 0.308. The van der Waals surface area contributed by atoms with Crippen molar-refractivity contribution in [1.29, 1.82) is 0 Å². The average Bonchev–Trinajstić information content (AvgIpc) is 3.28. The van der Waals surface area contributed by atoms with E-state index in [0.717, 1.165) is 65.9 Å². The van der Waals surface area contributed by atoms with Gasteiger partial charge in [-0.2, -0.15) is 0 Å². The zero-order chi connectivity index (χ0) is 22.5. The Morgan fingerprint density at radius 2 is 1.82 bits per heavy atom. The van der Waals surface area contributed by atoms with Gasteiger partial charge in [-0.15, -0.1) is 0 Å². The molecule has 0 spiro atoms. The monoisotopic (exact) mass is 478 g/mol. The third kappa shape index (κ3) is 5.71. The van der Waals surface area contributed by atoms with Crippen LogP contribution in [0.25, 0.3) is 10.2 Å². The molecule has 1 fully saturated rings. The number of rotatable bonds is 8. The summed E-state index contributed by atoms with van der Waals surface area (Å²) in [5, 5.41) is 5.21. The summed E-state index contributed by atoms with van der Waals surface area (Å²) in [5.41, 5.74) is 3.08. The molecule has 3 heterocycles. The van der Waals surface area contributed by atoms with Crippen LogP contribution in [0.15, 0.2) is 72.9 Å². The first-order chi connectivity index (χ1) is 16.2. The van der Waals surface area contributed by atoms with E-state index in [2.05, 4.69) is 38.4 Å². The third-order valence-corrected chi connectivity index (χ3v) is 7.24. The van der Waals surface area contributed by atoms with Gasteiger partial charge in [0.05, 0.1) is 22.0 Å². The molecule has 1 aliphatic heterocycles. The molecule has 5 nitrogen and oxygen atoms in total. The van der Waals surface area contributed by atoms with Crippen molar-refractivity contribution >= 4 is 38.3 Å². The van der Waals surface area contributed by atoms with Crippen LogP contribution in [0.5, 0.6) is 0 Å². The molecular weight excluding hydrogens is 452 g/mol. The number of benzene rings is 2. The number of nitrogens with one attached hydrogen (secondary N) is 1. The van der Waals surface area contributed by atoms with Gasteiger partial charge in [0.2, 0.25) is 0 Å². The van der Waals surface area contributed by atoms with E-state index in [4.69, 9.17) is 16.3 Å². The lowest BCUT2D eigenvalue weighted by atomic mass is 10.0. The molecule has 2 aromatic carbocycles. The number of ether oxygens (including phenoxy) is 1. The number of aromatic nitrogens is 2. The number of likely N-dealkylation sites (tertiary alicyclic amines) is 1. The number of halogens is 1. The molecule has 0 bridgehead atoms. The van der Waals surface area contributed by atoms with E-state index in [9.17, 15) is 0 Å². The molecule has 1 atom stereocenters. The SMILES string of the molecule is Clc1ccc(C(OC2CCN(CCNc3nc4ccccc4s3)CC2)c2ccccn2)cc1. The molecule has 1 saturated heterocycles. The highest BCUT2D eigenvalue weighted by molar-refractivity contribution is 7.22. The fourth-order valence-electron chi connectivity index (χ4n) is 4.22. The predicted octanol–water partition coefficient (Wildman–Crippen LogP) is 6.03. The van der Waals surface area contributed by atoms with Crippen molar-refractivity contribution in [2.45, 2.75) is 25.0 Å². The summed E-state index contributed by atoms with van der Waals surface area (Å²) >= 11 is 7.81. The molecule has 1 aliphatic rings. The van der Waals surface area contributed by atoms with Crippen molar-refractivity contribution in [3.8, 4) is 0 Å². The Morgan fingerprint density at radius 1 is 1.03 bits per heavy atom. The molecule has 0 radical (unpaired) electrons. The summed E-state index contributed by atoms with van der Waals surface area (Å²) in [6, 6.07) is 22.1. The summed E-state index contributed by atoms with van der Waals surface area (Å²) in [7, 11) is 0. The second kappa shape index (κ2) is 10.6. The molecule has 5 rings (SSSR count). The highest BCUT2D eigenvalue weighted by atomic mass is 35.5. The van der Waals surface area contributed by atoms with Gasteiger partial charge in [-0.3, -0.25) is 4.98 Å². The number of pyridine rings is 1. The van der Waals surface area contributed by atoms with E-state index in [1.54, 1.807) is 11.3 Å². The van der Waals surface area contributed by atoms with Gasteiger partial charge in [0.15, 0.2) is 5.13 Å². The lowest BCUT2D eigenvalue weighted by Crippen LogP contribution is -2.39. The maximum absolute atomic E-state index is 6.60. The average molecular weight is 479 g/mol. The number of piperidine rings is 1. The van der Waals surface area contributed by atoms with Crippen molar-refractivity contribution in [3.63, 3.8) is 0 Å². The van der Waals surface area contributed by atoms with Crippen molar-refractivity contribution in [3.05, 3.63) is 89.2 Å². The van der Waals surface area contributed by atoms with E-state index in [1.165, 1.54) is 4.70 Å². The molecule has 7 heteroatoms. The zero-order valence-corrected chi connectivity index (χ0v) is 19.9. The number of thiazole rings is 1. The van der Waals surface area contributed by atoms with Gasteiger partial charge in [0.25, 0.3) is 0 Å². The van der Waals surface area contributed by atoms with Crippen LogP contribution in [0.1, 0.15) is 30.2 Å². The quantitative estimate of drug-likeness (QED) is 0.335. The Bertz CT molecular complexity index is 1130. The van der Waals surface area contributed by atoms with Gasteiger partial charge >= 0.3 is 0 Å². The summed E-state index contributed by atoms with van der Waals surface area (Å²) in [6.45, 7) is 3.96. The van der Waals surface area contributed by atoms with Crippen LogP contribution in [0.3, 0.4) is 0 Å². The Labute approximate surface area is 203 Å². The Balaban J connectivity index is 1.14. The molecule has 2 aromatic heterocycles. The minimum absolute atomic E-state index is 0.180. The first-order valence-corrected chi connectivity index (χ1v) is 12.6. The largest absolute Gasteiger partial charge is 0.364 e. The Hall–Kier alpha value is -2.51. The number of nitrogens with zero attached hydrogens (tertiary/aromatic N) is 3. The smallest absolute Gasteiger partial charge is 0.183 e. The molecule has 0 saturated carbocycles. The van der Waals surface area contributed by atoms with Crippen molar-refractivity contribution in [1.82, 2.24) is 14.9 Å². The van der Waals surface area contributed by atoms with Crippen LogP contribution in [0.4, 0.5) is 5.13 Å². The lowest BCUT2D eigenvalue weighted by molar-refractivity contribution is -0.0279. The maximum Gasteiger partial charge on any atom is 0.183 e. The molecule has 1 unspecified atom stereocenters. The van der Waals surface area contributed by atoms with Crippen molar-refractivity contribution in [2.24, 2.45) is 0 Å². The van der Waals surface area contributed by atoms with Gasteiger partial charge in [-0.1, -0.05) is 53.3 Å². The second-order valence-corrected chi connectivity index (χ2v) is 9.74. The zero-order valence-electron chi connectivity index (χ0n) is 18.4. The van der Waals surface area contributed by atoms with E-state index in [0.29, 0.717) is 0 Å². The van der Waals surface area contributed by atoms with E-state index >= 15 is 0 Å². The molecule has 1 N–H and O–H groups in total. The maximum atomic E-state index is 6.60. The first kappa shape index (κ1) is 22.3. The summed E-state index contributed by atoms with van der Waals surface area (Å²) in [4.78, 5) is 11.7. The second-order valence-electron chi connectivity index (χ2n) is 8.28. The topological polar surface area (TPSA) is 50.3 Å². The predicted molar refractivity (Wildman–Crippen MR) is 136 cm³/mol. The summed E-state index contributed by atoms with van der Waals surface area (Å²) < 4.78 is 7.83. The van der Waals surface area contributed by atoms with Gasteiger partial charge in [-0.05, 0) is 54.8 Å². The highest BCUT2D eigenvalue weighted by Crippen LogP contribution is 2.30. The molecule has 0 amide bonds. The van der Waals surface area contributed by atoms with Crippen LogP contribution in [-0.4, -0.2) is 47.2 Å². The van der Waals surface area contributed by atoms with Gasteiger partial charge in [-0.25, -0.2) is 4.98 Å². The summed E-state index contributed by atoms with van der Waals surface area (Å²) in [5.74, 6) is 0. The normalized spacial score (nSPS) is 16.2. The molecule has 170 valence electrons. The van der Waals surface area contributed by atoms with E-state index in [1.807, 2.05) is 54.7 Å². The van der Waals surface area contributed by atoms with Gasteiger partial charge < -0.3 is 15.0 Å². The highest BCUT2D eigenvalue weighted by Gasteiger charge is 2.25. The number of anilines is 1. The summed E-state index contributed by atoms with van der Waals surface area (Å²) in [6.07, 6.45) is 3.88. The third-order valence-electron chi connectivity index (χ3n) is 5.99. The molecule has 33 heavy (non-hydrogen) atoms. The van der Waals surface area contributed by atoms with Crippen LogP contribution in [-0.2, 0) is 4.74 Å².